The van der Waals surface area contributed by atoms with Crippen molar-refractivity contribution in [3.63, 3.8) is 0 Å². The summed E-state index contributed by atoms with van der Waals surface area (Å²) in [5.41, 5.74) is 0.897. The van der Waals surface area contributed by atoms with E-state index in [-0.39, 0.29) is 29.3 Å². The molecule has 0 spiro atoms. The molecule has 12 nitrogen and oxygen atoms in total. The van der Waals surface area contributed by atoms with E-state index in [2.05, 4.69) is 15.5 Å². The molecule has 190 valence electrons. The zero-order valence-electron chi connectivity index (χ0n) is 18.9. The van der Waals surface area contributed by atoms with Gasteiger partial charge in [0.05, 0.1) is 18.4 Å². The van der Waals surface area contributed by atoms with Crippen LogP contribution < -0.4 is 5.32 Å². The van der Waals surface area contributed by atoms with E-state index in [0.29, 0.717) is 26.2 Å². The first-order valence-electron chi connectivity index (χ1n) is 10.4. The number of β-lactam (4-membered cyclic amide) rings is 1. The molecule has 3 N–H and O–H groups in total. The van der Waals surface area contributed by atoms with Crippen molar-refractivity contribution in [3.8, 4) is 0 Å². The Morgan fingerprint density at radius 2 is 2.17 bits per heavy atom. The van der Waals surface area contributed by atoms with E-state index in [1.54, 1.807) is 13.0 Å². The third kappa shape index (κ3) is 5.12. The molecule has 2 atom stereocenters. The minimum absolute atomic E-state index is 0.113. The Morgan fingerprint density at radius 3 is 2.81 bits per heavy atom. The van der Waals surface area contributed by atoms with Gasteiger partial charge in [0.25, 0.3) is 11.8 Å². The molecule has 0 bridgehead atoms. The second-order valence-corrected chi connectivity index (χ2v) is 11.0. The highest BCUT2D eigenvalue weighted by atomic mass is 32.2. The van der Waals surface area contributed by atoms with E-state index in [1.165, 1.54) is 59.2 Å². The molecule has 2 aliphatic rings. The number of carboxylic acids is 2. The number of hydrogen-bond donors (Lipinski definition) is 3. The molecule has 15 heteroatoms. The van der Waals surface area contributed by atoms with Crippen LogP contribution in [0.4, 0.5) is 0 Å². The van der Waals surface area contributed by atoms with Crippen LogP contribution in [0.2, 0.25) is 0 Å². The highest BCUT2D eigenvalue weighted by Gasteiger charge is 2.54. The third-order valence-corrected chi connectivity index (χ3v) is 8.97. The lowest BCUT2D eigenvalue weighted by Crippen LogP contribution is -2.71. The summed E-state index contributed by atoms with van der Waals surface area (Å²) in [6, 6.07) is 2.15. The molecule has 2 aromatic heterocycles. The molecule has 2 amide bonds. The van der Waals surface area contributed by atoms with Crippen molar-refractivity contribution in [1.29, 1.82) is 0 Å². The lowest BCUT2D eigenvalue weighted by molar-refractivity contribution is -0.150. The number of fused-ring (bicyclic) bond motifs is 1. The quantitative estimate of drug-likeness (QED) is 0.169. The summed E-state index contributed by atoms with van der Waals surface area (Å²) in [7, 11) is 1.27. The predicted molar refractivity (Wildman–Crippen MR) is 131 cm³/mol. The second kappa shape index (κ2) is 10.8. The molecule has 0 unspecified atom stereocenters. The van der Waals surface area contributed by atoms with Gasteiger partial charge in [-0.3, -0.25) is 19.3 Å². The smallest absolute Gasteiger partial charge is 0.352 e. The van der Waals surface area contributed by atoms with Crippen molar-refractivity contribution in [1.82, 2.24) is 15.2 Å². The molecule has 1 saturated heterocycles. The first kappa shape index (κ1) is 25.8. The first-order valence-corrected chi connectivity index (χ1v) is 13.2. The fourth-order valence-corrected chi connectivity index (χ4v) is 7.33. The van der Waals surface area contributed by atoms with Crippen LogP contribution in [0, 0.1) is 6.92 Å². The maximum Gasteiger partial charge on any atom is 0.352 e. The lowest BCUT2D eigenvalue weighted by atomic mass is 10.0. The van der Waals surface area contributed by atoms with Crippen molar-refractivity contribution in [2.75, 3.05) is 18.6 Å². The Kier molecular flexibility index (Phi) is 7.70. The topological polar surface area (TPSA) is 172 Å². The van der Waals surface area contributed by atoms with E-state index in [1.807, 2.05) is 0 Å². The largest absolute Gasteiger partial charge is 0.481 e. The molecule has 4 heterocycles. The Balaban J connectivity index is 1.47. The maximum absolute atomic E-state index is 12.9. The number of nitrogens with zero attached hydrogens (tertiary/aromatic N) is 3. The molecule has 1 fully saturated rings. The SMILES string of the molecule is CO/N=C(/C(=O)N[C@@H]1C(=O)N2C(C(=O)O)=C(CSc3nc(C)c(CC(=O)O)s3)CS[C@H]12)c1ccco1. The van der Waals surface area contributed by atoms with Crippen LogP contribution in [-0.2, 0) is 30.4 Å². The average Bonchev–Trinajstić information content (AvgIpc) is 3.48. The number of aryl methyl sites for hydroxylation is 1. The Labute approximate surface area is 216 Å². The number of furan rings is 1. The van der Waals surface area contributed by atoms with Gasteiger partial charge >= 0.3 is 11.9 Å². The maximum atomic E-state index is 12.9. The molecule has 0 saturated carbocycles. The Bertz CT molecular complexity index is 1270. The number of thioether (sulfide) groups is 2. The molecule has 0 radical (unpaired) electrons. The van der Waals surface area contributed by atoms with E-state index in [4.69, 9.17) is 14.4 Å². The average molecular weight is 553 g/mol. The predicted octanol–water partition coefficient (Wildman–Crippen LogP) is 1.55. The minimum Gasteiger partial charge on any atom is -0.481 e. The number of rotatable bonds is 10. The van der Waals surface area contributed by atoms with Crippen LogP contribution in [0.3, 0.4) is 0 Å². The normalized spacial score (nSPS) is 19.6. The number of thiazole rings is 1. The number of aromatic nitrogens is 1. The number of oxime groups is 1. The van der Waals surface area contributed by atoms with Gasteiger partial charge in [0.15, 0.2) is 10.1 Å². The van der Waals surface area contributed by atoms with Crippen LogP contribution in [0.15, 0.2) is 43.6 Å². The second-order valence-electron chi connectivity index (χ2n) is 7.57. The highest BCUT2D eigenvalue weighted by Crippen LogP contribution is 2.42. The first-order chi connectivity index (χ1) is 17.2. The highest BCUT2D eigenvalue weighted by molar-refractivity contribution is 8.01. The molecule has 2 aromatic rings. The van der Waals surface area contributed by atoms with Crippen LogP contribution in [-0.4, -0.2) is 79.6 Å². The van der Waals surface area contributed by atoms with Crippen molar-refractivity contribution >= 4 is 64.3 Å². The summed E-state index contributed by atoms with van der Waals surface area (Å²) in [5.74, 6) is -2.68. The van der Waals surface area contributed by atoms with Crippen LogP contribution in [0.25, 0.3) is 0 Å². The number of aliphatic carboxylic acids is 2. The molecular formula is C21H20N4O8S3. The zero-order valence-corrected chi connectivity index (χ0v) is 21.4. The summed E-state index contributed by atoms with van der Waals surface area (Å²) < 4.78 is 5.82. The lowest BCUT2D eigenvalue weighted by Gasteiger charge is -2.49. The van der Waals surface area contributed by atoms with Crippen molar-refractivity contribution < 1.29 is 38.6 Å². The van der Waals surface area contributed by atoms with E-state index in [9.17, 15) is 24.3 Å². The van der Waals surface area contributed by atoms with Gasteiger partial charge in [-0.15, -0.1) is 23.1 Å². The van der Waals surface area contributed by atoms with E-state index < -0.39 is 35.2 Å². The molecule has 0 aromatic carbocycles. The standard InChI is InChI=1S/C21H20N4O8S3/c1-9-12(6-13(26)27)36-21(22-9)35-8-10-7-34-19-15(18(29)25(19)16(10)20(30)31)23-17(28)14(24-32-2)11-4-3-5-33-11/h3-5,15,19H,6-8H2,1-2H3,(H,23,28)(H,26,27)(H,30,31)/b24-14+/t15-,19-/m1/s1. The van der Waals surface area contributed by atoms with Gasteiger partial charge in [-0.05, 0) is 24.6 Å². The molecule has 36 heavy (non-hydrogen) atoms. The Morgan fingerprint density at radius 1 is 1.39 bits per heavy atom. The summed E-state index contributed by atoms with van der Waals surface area (Å²) in [5, 5.41) is 24.6. The molecule has 2 aliphatic heterocycles. The molecular weight excluding hydrogens is 532 g/mol. The van der Waals surface area contributed by atoms with E-state index in [0.717, 1.165) is 0 Å². The van der Waals surface area contributed by atoms with Gasteiger partial charge < -0.3 is 24.8 Å². The van der Waals surface area contributed by atoms with Crippen molar-refractivity contribution in [3.05, 3.63) is 46.0 Å². The van der Waals surface area contributed by atoms with Crippen LogP contribution in [0.5, 0.6) is 0 Å². The fraction of sp³-hybridized carbons (Fsp3) is 0.333. The number of nitrogens with one attached hydrogen (secondary N) is 1. The third-order valence-electron chi connectivity index (χ3n) is 5.24. The number of hydrogen-bond acceptors (Lipinski definition) is 11. The van der Waals surface area contributed by atoms with Crippen molar-refractivity contribution in [2.24, 2.45) is 5.16 Å². The van der Waals surface area contributed by atoms with Gasteiger partial charge in [-0.25, -0.2) is 9.78 Å². The van der Waals surface area contributed by atoms with Crippen LogP contribution in [0.1, 0.15) is 16.3 Å². The number of amides is 2. The number of carbonyl (C=O) groups excluding carboxylic acids is 2. The molecule has 0 aliphatic carbocycles. The summed E-state index contributed by atoms with van der Waals surface area (Å²) >= 11 is 3.88. The summed E-state index contributed by atoms with van der Waals surface area (Å²) in [6.07, 6.45) is 1.24. The summed E-state index contributed by atoms with van der Waals surface area (Å²) in [4.78, 5) is 59.6. The zero-order chi connectivity index (χ0) is 26.0. The van der Waals surface area contributed by atoms with Crippen LogP contribution >= 0.6 is 34.9 Å². The van der Waals surface area contributed by atoms with E-state index >= 15 is 0 Å². The molecule has 4 rings (SSSR count). The van der Waals surface area contributed by atoms with Gasteiger partial charge in [-0.1, -0.05) is 16.9 Å². The van der Waals surface area contributed by atoms with Gasteiger partial charge in [0.1, 0.15) is 24.2 Å². The monoisotopic (exact) mass is 552 g/mol. The Hall–Kier alpha value is -3.30. The van der Waals surface area contributed by atoms with Gasteiger partial charge in [0, 0.05) is 16.4 Å². The fourth-order valence-electron chi connectivity index (χ4n) is 3.62. The summed E-state index contributed by atoms with van der Waals surface area (Å²) in [6.45, 7) is 1.73. The number of carbonyl (C=O) groups is 4. The number of carboxylic acid groups (broad SMARTS) is 2. The van der Waals surface area contributed by atoms with Crippen molar-refractivity contribution in [2.45, 2.75) is 29.1 Å². The van der Waals surface area contributed by atoms with Gasteiger partial charge in [-0.2, -0.15) is 0 Å². The van der Waals surface area contributed by atoms with Gasteiger partial charge in [0.2, 0.25) is 5.71 Å². The minimum atomic E-state index is -1.24.